The summed E-state index contributed by atoms with van der Waals surface area (Å²) >= 11 is 0. The number of H-pyrrole nitrogens is 1. The molecule has 2 aromatic rings. The van der Waals surface area contributed by atoms with Crippen LogP contribution in [0.5, 0.6) is 0 Å². The molecule has 1 heterocycles. The van der Waals surface area contributed by atoms with Crippen molar-refractivity contribution in [3.8, 4) is 11.8 Å². The summed E-state index contributed by atoms with van der Waals surface area (Å²) in [7, 11) is -3.67. The predicted molar refractivity (Wildman–Crippen MR) is 77.7 cm³/mol. The Labute approximate surface area is 123 Å². The molecule has 0 saturated heterocycles. The summed E-state index contributed by atoms with van der Waals surface area (Å²) in [5, 5.41) is 8.67. The fourth-order valence-electron chi connectivity index (χ4n) is 1.75. The van der Waals surface area contributed by atoms with Crippen molar-refractivity contribution in [2.75, 3.05) is 6.61 Å². The molecule has 1 unspecified atom stereocenters. The van der Waals surface area contributed by atoms with E-state index in [2.05, 4.69) is 26.5 Å². The van der Waals surface area contributed by atoms with E-state index in [1.807, 2.05) is 0 Å². The smallest absolute Gasteiger partial charge is 0.241 e. The lowest BCUT2D eigenvalue weighted by Gasteiger charge is -2.12. The number of nitrogens with zero attached hydrogens (tertiary/aromatic N) is 1. The molecule has 110 valence electrons. The van der Waals surface area contributed by atoms with Gasteiger partial charge in [0.05, 0.1) is 10.9 Å². The Hall–Kier alpha value is -2.14. The number of nitrogens with one attached hydrogen (secondary N) is 2. The first-order chi connectivity index (χ1) is 10.0. The molecule has 21 heavy (non-hydrogen) atoms. The molecule has 0 aliphatic carbocycles. The molecule has 0 amide bonds. The van der Waals surface area contributed by atoms with Crippen LogP contribution < -0.4 is 4.72 Å². The summed E-state index contributed by atoms with van der Waals surface area (Å²) in [6.45, 7) is 1.43. The summed E-state index contributed by atoms with van der Waals surface area (Å²) in [4.78, 5) is 7.00. The summed E-state index contributed by atoms with van der Waals surface area (Å²) in [6, 6.07) is 5.75. The highest BCUT2D eigenvalue weighted by Gasteiger charge is 2.19. The minimum absolute atomic E-state index is 0.116. The van der Waals surface area contributed by atoms with Crippen LogP contribution in [0.4, 0.5) is 0 Å². The Balaban J connectivity index is 2.23. The molecular weight excluding hydrogens is 290 g/mol. The van der Waals surface area contributed by atoms with Gasteiger partial charge >= 0.3 is 0 Å². The number of aliphatic hydroxyl groups excluding tert-OH is 1. The molecule has 0 spiro atoms. The van der Waals surface area contributed by atoms with Crippen LogP contribution in [0.15, 0.2) is 41.6 Å². The van der Waals surface area contributed by atoms with Gasteiger partial charge in [-0.05, 0) is 25.1 Å². The maximum absolute atomic E-state index is 12.3. The number of aromatic amines is 1. The van der Waals surface area contributed by atoms with Crippen molar-refractivity contribution < 1.29 is 13.5 Å². The highest BCUT2D eigenvalue weighted by molar-refractivity contribution is 7.89. The Morgan fingerprint density at radius 3 is 2.95 bits per heavy atom. The Kier molecular flexibility index (Phi) is 4.75. The molecule has 0 fully saturated rings. The number of hydrogen-bond acceptors (Lipinski definition) is 4. The summed E-state index contributed by atoms with van der Waals surface area (Å²) in [6.07, 6.45) is 3.19. The van der Waals surface area contributed by atoms with Crippen molar-refractivity contribution >= 4 is 10.0 Å². The number of sulfonamides is 1. The van der Waals surface area contributed by atoms with E-state index in [1.165, 1.54) is 12.1 Å². The fourth-order valence-corrected chi connectivity index (χ4v) is 3.01. The zero-order valence-electron chi connectivity index (χ0n) is 11.4. The van der Waals surface area contributed by atoms with Gasteiger partial charge in [0.1, 0.15) is 12.4 Å². The first-order valence-corrected chi connectivity index (χ1v) is 7.72. The molecule has 1 aromatic heterocycles. The van der Waals surface area contributed by atoms with Gasteiger partial charge in [0.25, 0.3) is 0 Å². The van der Waals surface area contributed by atoms with Gasteiger partial charge in [0.15, 0.2) is 0 Å². The van der Waals surface area contributed by atoms with E-state index in [4.69, 9.17) is 5.11 Å². The molecule has 7 heteroatoms. The second-order valence-corrected chi connectivity index (χ2v) is 6.02. The molecule has 0 aliphatic heterocycles. The van der Waals surface area contributed by atoms with Crippen LogP contribution in [-0.4, -0.2) is 30.1 Å². The Bertz CT molecular complexity index is 758. The van der Waals surface area contributed by atoms with Crippen LogP contribution in [0.2, 0.25) is 0 Å². The first kappa shape index (κ1) is 15.3. The lowest BCUT2D eigenvalue weighted by atomic mass is 10.2. The number of benzene rings is 1. The maximum Gasteiger partial charge on any atom is 0.241 e. The van der Waals surface area contributed by atoms with E-state index in [-0.39, 0.29) is 11.5 Å². The molecule has 0 bridgehead atoms. The van der Waals surface area contributed by atoms with Crippen molar-refractivity contribution in [2.45, 2.75) is 17.9 Å². The van der Waals surface area contributed by atoms with Crippen LogP contribution in [-0.2, 0) is 10.0 Å². The fraction of sp³-hybridized carbons (Fsp3) is 0.214. The molecular formula is C14H15N3O3S. The highest BCUT2D eigenvalue weighted by Crippen LogP contribution is 2.15. The first-order valence-electron chi connectivity index (χ1n) is 6.24. The monoisotopic (exact) mass is 305 g/mol. The van der Waals surface area contributed by atoms with Crippen LogP contribution in [0.3, 0.4) is 0 Å². The predicted octanol–water partition coefficient (Wildman–Crippen LogP) is 0.793. The maximum atomic E-state index is 12.3. The van der Waals surface area contributed by atoms with Crippen LogP contribution in [0.1, 0.15) is 24.4 Å². The number of hydrogen-bond donors (Lipinski definition) is 3. The SMILES string of the molecule is CC(NS(=O)(=O)c1cccc(C#CCO)c1)c1ncc[nH]1. The second-order valence-electron chi connectivity index (χ2n) is 4.31. The molecule has 3 N–H and O–H groups in total. The van der Waals surface area contributed by atoms with E-state index < -0.39 is 16.1 Å². The standard InChI is InChI=1S/C14H15N3O3S/c1-11(14-15-7-8-16-14)17-21(19,20)13-6-2-4-12(10-13)5-3-9-18/h2,4,6-8,10-11,17-18H,9H2,1H3,(H,15,16). The molecule has 0 saturated carbocycles. The minimum Gasteiger partial charge on any atom is -0.384 e. The van der Waals surface area contributed by atoms with Gasteiger partial charge in [0.2, 0.25) is 10.0 Å². The van der Waals surface area contributed by atoms with Crippen LogP contribution in [0, 0.1) is 11.8 Å². The largest absolute Gasteiger partial charge is 0.384 e. The van der Waals surface area contributed by atoms with Gasteiger partial charge in [0, 0.05) is 18.0 Å². The normalized spacial score (nSPS) is 12.5. The van der Waals surface area contributed by atoms with Gasteiger partial charge < -0.3 is 10.1 Å². The molecule has 6 nitrogen and oxygen atoms in total. The lowest BCUT2D eigenvalue weighted by Crippen LogP contribution is -2.27. The Morgan fingerprint density at radius 1 is 1.48 bits per heavy atom. The van der Waals surface area contributed by atoms with Gasteiger partial charge in [-0.25, -0.2) is 18.1 Å². The van der Waals surface area contributed by atoms with E-state index in [9.17, 15) is 8.42 Å². The van der Waals surface area contributed by atoms with Crippen molar-refractivity contribution in [3.63, 3.8) is 0 Å². The van der Waals surface area contributed by atoms with E-state index in [0.29, 0.717) is 11.4 Å². The second kappa shape index (κ2) is 6.54. The van der Waals surface area contributed by atoms with E-state index in [1.54, 1.807) is 31.5 Å². The van der Waals surface area contributed by atoms with Gasteiger partial charge in [-0.3, -0.25) is 0 Å². The number of rotatable bonds is 4. The molecule has 1 aromatic carbocycles. The zero-order valence-corrected chi connectivity index (χ0v) is 12.2. The Morgan fingerprint density at radius 2 is 2.29 bits per heavy atom. The minimum atomic E-state index is -3.67. The summed E-state index contributed by atoms with van der Waals surface area (Å²) in [5.74, 6) is 5.70. The summed E-state index contributed by atoms with van der Waals surface area (Å²) in [5.41, 5.74) is 0.526. The third-order valence-corrected chi connectivity index (χ3v) is 4.26. The average molecular weight is 305 g/mol. The molecule has 2 rings (SSSR count). The number of aliphatic hydroxyl groups is 1. The topological polar surface area (TPSA) is 95.1 Å². The summed E-state index contributed by atoms with van der Waals surface area (Å²) < 4.78 is 27.2. The van der Waals surface area contributed by atoms with Crippen molar-refractivity contribution in [2.24, 2.45) is 0 Å². The van der Waals surface area contributed by atoms with E-state index in [0.717, 1.165) is 0 Å². The number of imidazole rings is 1. The van der Waals surface area contributed by atoms with Crippen molar-refractivity contribution in [1.82, 2.24) is 14.7 Å². The molecule has 0 radical (unpaired) electrons. The zero-order chi connectivity index (χ0) is 15.3. The number of aromatic nitrogens is 2. The third-order valence-electron chi connectivity index (χ3n) is 2.72. The molecule has 0 aliphatic rings. The van der Waals surface area contributed by atoms with Crippen molar-refractivity contribution in [1.29, 1.82) is 0 Å². The third kappa shape index (κ3) is 3.92. The average Bonchev–Trinajstić information content (AvgIpc) is 2.99. The highest BCUT2D eigenvalue weighted by atomic mass is 32.2. The van der Waals surface area contributed by atoms with Crippen molar-refractivity contribution in [3.05, 3.63) is 48.0 Å². The van der Waals surface area contributed by atoms with Gasteiger partial charge in [-0.1, -0.05) is 17.9 Å². The van der Waals surface area contributed by atoms with Gasteiger partial charge in [-0.2, -0.15) is 0 Å². The van der Waals surface area contributed by atoms with Crippen LogP contribution in [0.25, 0.3) is 0 Å². The lowest BCUT2D eigenvalue weighted by molar-refractivity contribution is 0.350. The van der Waals surface area contributed by atoms with E-state index >= 15 is 0 Å². The van der Waals surface area contributed by atoms with Crippen LogP contribution >= 0.6 is 0 Å². The molecule has 1 atom stereocenters. The quantitative estimate of drug-likeness (QED) is 0.728. The van der Waals surface area contributed by atoms with Gasteiger partial charge in [-0.15, -0.1) is 0 Å².